The van der Waals surface area contributed by atoms with Gasteiger partial charge in [-0.15, -0.1) is 0 Å². The first-order valence-electron chi connectivity index (χ1n) is 12.6. The maximum atomic E-state index is 13.7. The molecular formula is C25H37N7O3S. The molecule has 0 radical (unpaired) electrons. The van der Waals surface area contributed by atoms with Gasteiger partial charge >= 0.3 is 0 Å². The average Bonchev–Trinajstić information content (AvgIpc) is 3.29. The van der Waals surface area contributed by atoms with Gasteiger partial charge in [-0.3, -0.25) is 14.8 Å². The molecule has 0 aromatic heterocycles. The van der Waals surface area contributed by atoms with Gasteiger partial charge in [0.25, 0.3) is 0 Å². The number of hydrogen-bond donors (Lipinski definition) is 3. The number of amides is 1. The summed E-state index contributed by atoms with van der Waals surface area (Å²) in [5, 5.41) is 3.26. The molecular weight excluding hydrogens is 478 g/mol. The number of anilines is 1. The summed E-state index contributed by atoms with van der Waals surface area (Å²) in [4.78, 5) is 21.5. The second-order valence-corrected chi connectivity index (χ2v) is 11.2. The summed E-state index contributed by atoms with van der Waals surface area (Å²) in [6.45, 7) is 3.23. The molecule has 196 valence electrons. The zero-order valence-electron chi connectivity index (χ0n) is 21.1. The van der Waals surface area contributed by atoms with Crippen LogP contribution in [0.25, 0.3) is 10.8 Å². The lowest BCUT2D eigenvalue weighted by Gasteiger charge is -2.31. The predicted molar refractivity (Wildman–Crippen MR) is 143 cm³/mol. The van der Waals surface area contributed by atoms with Crippen LogP contribution in [-0.4, -0.2) is 83.1 Å². The summed E-state index contributed by atoms with van der Waals surface area (Å²) in [6.07, 6.45) is 3.94. The second-order valence-electron chi connectivity index (χ2n) is 9.52. The molecule has 4 N–H and O–H groups in total. The number of sulfonamides is 1. The minimum atomic E-state index is -3.96. The summed E-state index contributed by atoms with van der Waals surface area (Å²) in [7, 11) is -0.104. The van der Waals surface area contributed by atoms with Crippen LogP contribution in [0, 0.1) is 0 Å². The van der Waals surface area contributed by atoms with Crippen molar-refractivity contribution in [3.8, 4) is 0 Å². The molecule has 2 aliphatic heterocycles. The molecule has 0 spiro atoms. The number of piperidine rings is 1. The van der Waals surface area contributed by atoms with E-state index >= 15 is 0 Å². The number of rotatable bonds is 10. The molecule has 0 aliphatic carbocycles. The summed E-state index contributed by atoms with van der Waals surface area (Å²) in [5.74, 6) is 0.291. The van der Waals surface area contributed by atoms with Crippen LogP contribution < -0.4 is 20.8 Å². The van der Waals surface area contributed by atoms with Gasteiger partial charge in [0.1, 0.15) is 6.04 Å². The monoisotopic (exact) mass is 515 g/mol. The molecule has 0 saturated carbocycles. The van der Waals surface area contributed by atoms with Gasteiger partial charge in [-0.25, -0.2) is 13.8 Å². The number of carbonyl (C=O) groups excluding carboxylic acids is 1. The lowest BCUT2D eigenvalue weighted by atomic mass is 10.1. The van der Waals surface area contributed by atoms with E-state index in [2.05, 4.69) is 15.1 Å². The Morgan fingerprint density at radius 1 is 1.08 bits per heavy atom. The molecule has 10 nitrogen and oxygen atoms in total. The van der Waals surface area contributed by atoms with E-state index in [4.69, 9.17) is 5.73 Å². The van der Waals surface area contributed by atoms with Crippen molar-refractivity contribution >= 4 is 38.3 Å². The Hall–Kier alpha value is -2.89. The van der Waals surface area contributed by atoms with E-state index in [1.54, 1.807) is 22.0 Å². The van der Waals surface area contributed by atoms with Gasteiger partial charge in [0.05, 0.1) is 18.0 Å². The first-order valence-corrected chi connectivity index (χ1v) is 14.1. The molecule has 0 unspecified atom stereocenters. The smallest absolute Gasteiger partial charge is 0.241 e. The summed E-state index contributed by atoms with van der Waals surface area (Å²) in [5.41, 5.74) is 9.99. The minimum absolute atomic E-state index is 0.158. The number of nitrogens with one attached hydrogen (secondary N) is 2. The van der Waals surface area contributed by atoms with Crippen LogP contribution in [0.15, 0.2) is 46.3 Å². The van der Waals surface area contributed by atoms with E-state index in [0.717, 1.165) is 30.3 Å². The fraction of sp³-hybridized carbons (Fsp3) is 0.520. The maximum Gasteiger partial charge on any atom is 0.241 e. The van der Waals surface area contributed by atoms with Crippen LogP contribution in [0.1, 0.15) is 32.1 Å². The highest BCUT2D eigenvalue weighted by Gasteiger charge is 2.30. The molecule has 2 aromatic carbocycles. The molecule has 2 aliphatic rings. The fourth-order valence-corrected chi connectivity index (χ4v) is 6.30. The highest BCUT2D eigenvalue weighted by atomic mass is 32.2. The van der Waals surface area contributed by atoms with E-state index in [1.807, 2.05) is 43.3 Å². The van der Waals surface area contributed by atoms with E-state index in [9.17, 15) is 13.2 Å². The number of hydrogen-bond acceptors (Lipinski definition) is 8. The zero-order valence-corrected chi connectivity index (χ0v) is 21.9. The quantitative estimate of drug-likeness (QED) is 0.410. The number of nitrogens with zero attached hydrogens (tertiary/aromatic N) is 4. The molecule has 36 heavy (non-hydrogen) atoms. The molecule has 1 atom stereocenters. The number of nitrogens with two attached hydrogens (primary N) is 1. The topological polar surface area (TPSA) is 123 Å². The SMILES string of the molecule is CN(C)c1cccc2c(S(=O)(=O)N[C@@H](CCCNN3CCN=C3N)C(=O)N3CCCCC3)cccc12. The van der Waals surface area contributed by atoms with Crippen molar-refractivity contribution in [2.75, 3.05) is 51.7 Å². The van der Waals surface area contributed by atoms with Gasteiger partial charge in [0.2, 0.25) is 21.9 Å². The van der Waals surface area contributed by atoms with E-state index in [-0.39, 0.29) is 10.8 Å². The van der Waals surface area contributed by atoms with Gasteiger partial charge in [-0.05, 0) is 44.2 Å². The normalized spacial score (nSPS) is 17.3. The Labute approximate surface area is 213 Å². The van der Waals surface area contributed by atoms with Crippen LogP contribution in [0.4, 0.5) is 5.69 Å². The first-order chi connectivity index (χ1) is 17.3. The molecule has 2 heterocycles. The van der Waals surface area contributed by atoms with Gasteiger partial charge in [-0.1, -0.05) is 24.3 Å². The highest BCUT2D eigenvalue weighted by molar-refractivity contribution is 7.89. The molecule has 4 rings (SSSR count). The Kier molecular flexibility index (Phi) is 8.32. The van der Waals surface area contributed by atoms with Gasteiger partial charge in [-0.2, -0.15) is 4.72 Å². The largest absolute Gasteiger partial charge is 0.377 e. The minimum Gasteiger partial charge on any atom is -0.377 e. The number of carbonyl (C=O) groups is 1. The van der Waals surface area contributed by atoms with Crippen LogP contribution in [0.3, 0.4) is 0 Å². The average molecular weight is 516 g/mol. The van der Waals surface area contributed by atoms with Crippen molar-refractivity contribution < 1.29 is 13.2 Å². The summed E-state index contributed by atoms with van der Waals surface area (Å²) in [6, 6.07) is 10.0. The van der Waals surface area contributed by atoms with E-state index in [0.29, 0.717) is 56.9 Å². The standard InChI is InChI=1S/C25H37N7O3S/c1-30(2)22-12-6-10-20-19(22)9-7-13-23(20)36(34,35)29-21(24(33)31-16-4-3-5-17-31)11-8-14-28-32-18-15-27-25(32)26/h6-7,9-10,12-13,21,28-29H,3-5,8,11,14-18H2,1-2H3,(H2,26,27)/t21-/m0/s1. The predicted octanol–water partition coefficient (Wildman–Crippen LogP) is 1.48. The Balaban J connectivity index is 1.54. The van der Waals surface area contributed by atoms with Crippen LogP contribution in [-0.2, 0) is 14.8 Å². The Morgan fingerprint density at radius 2 is 1.81 bits per heavy atom. The van der Waals surface area contributed by atoms with E-state index < -0.39 is 16.1 Å². The number of hydrazine groups is 1. The molecule has 2 aromatic rings. The van der Waals surface area contributed by atoms with Crippen LogP contribution >= 0.6 is 0 Å². The molecule has 11 heteroatoms. The first kappa shape index (κ1) is 26.2. The number of fused-ring (bicyclic) bond motifs is 1. The summed E-state index contributed by atoms with van der Waals surface area (Å²) < 4.78 is 30.1. The molecule has 0 bridgehead atoms. The van der Waals surface area contributed by atoms with Crippen molar-refractivity contribution in [3.63, 3.8) is 0 Å². The third-order valence-electron chi connectivity index (χ3n) is 6.74. The lowest BCUT2D eigenvalue weighted by Crippen LogP contribution is -2.50. The fourth-order valence-electron chi connectivity index (χ4n) is 4.85. The number of guanidine groups is 1. The number of likely N-dealkylation sites (tertiary alicyclic amines) is 1. The second kappa shape index (κ2) is 11.4. The van der Waals surface area contributed by atoms with Crippen molar-refractivity contribution in [3.05, 3.63) is 36.4 Å². The van der Waals surface area contributed by atoms with Crippen LogP contribution in [0.2, 0.25) is 0 Å². The molecule has 1 saturated heterocycles. The molecule has 1 fully saturated rings. The Bertz CT molecular complexity index is 1210. The summed E-state index contributed by atoms with van der Waals surface area (Å²) >= 11 is 0. The number of aliphatic imine (C=N–C) groups is 1. The van der Waals surface area contributed by atoms with Gasteiger partial charge < -0.3 is 15.5 Å². The number of benzene rings is 2. The van der Waals surface area contributed by atoms with Gasteiger partial charge in [0, 0.05) is 50.2 Å². The van der Waals surface area contributed by atoms with Crippen molar-refractivity contribution in [2.45, 2.75) is 43.0 Å². The third-order valence-corrected chi connectivity index (χ3v) is 8.27. The maximum absolute atomic E-state index is 13.7. The lowest BCUT2D eigenvalue weighted by molar-refractivity contribution is -0.134. The Morgan fingerprint density at radius 3 is 2.50 bits per heavy atom. The van der Waals surface area contributed by atoms with Crippen molar-refractivity contribution in [2.24, 2.45) is 10.7 Å². The van der Waals surface area contributed by atoms with Gasteiger partial charge in [0.15, 0.2) is 0 Å². The zero-order chi connectivity index (χ0) is 25.7. The molecule has 1 amide bonds. The van der Waals surface area contributed by atoms with Crippen LogP contribution in [0.5, 0.6) is 0 Å². The van der Waals surface area contributed by atoms with Crippen molar-refractivity contribution in [1.82, 2.24) is 20.1 Å². The third kappa shape index (κ3) is 5.91. The van der Waals surface area contributed by atoms with E-state index in [1.165, 1.54) is 0 Å². The highest BCUT2D eigenvalue weighted by Crippen LogP contribution is 2.30. The van der Waals surface area contributed by atoms with Crippen molar-refractivity contribution in [1.29, 1.82) is 0 Å².